The Morgan fingerprint density at radius 3 is 2.45 bits per heavy atom. The molecule has 1 fully saturated rings. The number of nitrogens with one attached hydrogen (secondary N) is 1. The Morgan fingerprint density at radius 1 is 1.64 bits per heavy atom. The fourth-order valence-corrected chi connectivity index (χ4v) is 1.00. The second-order valence-electron chi connectivity index (χ2n) is 3.10. The van der Waals surface area contributed by atoms with Crippen molar-refractivity contribution in [2.24, 2.45) is 0 Å². The van der Waals surface area contributed by atoms with Gasteiger partial charge in [0.05, 0.1) is 18.8 Å². The highest BCUT2D eigenvalue weighted by molar-refractivity contribution is 5.74. The largest absolute Gasteiger partial charge is 0.376 e. The van der Waals surface area contributed by atoms with Crippen molar-refractivity contribution in [2.45, 2.75) is 12.5 Å². The quantitative estimate of drug-likeness (QED) is 0.585. The number of urea groups is 1. The van der Waals surface area contributed by atoms with Crippen molar-refractivity contribution in [1.29, 1.82) is 0 Å². The molecule has 4 nitrogen and oxygen atoms in total. The van der Waals surface area contributed by atoms with Gasteiger partial charge in [0.1, 0.15) is 0 Å². The van der Waals surface area contributed by atoms with E-state index in [-0.39, 0.29) is 11.6 Å². The molecule has 64 valence electrons. The van der Waals surface area contributed by atoms with E-state index in [4.69, 9.17) is 4.74 Å². The Morgan fingerprint density at radius 2 is 2.18 bits per heavy atom. The van der Waals surface area contributed by atoms with Crippen molar-refractivity contribution >= 4 is 6.03 Å². The molecule has 0 spiro atoms. The van der Waals surface area contributed by atoms with Gasteiger partial charge in [0, 0.05) is 14.1 Å². The molecule has 1 heterocycles. The Balaban J connectivity index is 2.52. The Hall–Kier alpha value is -0.770. The van der Waals surface area contributed by atoms with Crippen LogP contribution in [0.1, 0.15) is 6.92 Å². The first-order valence-corrected chi connectivity index (χ1v) is 3.63. The minimum absolute atomic E-state index is 0.0594. The molecule has 0 atom stereocenters. The summed E-state index contributed by atoms with van der Waals surface area (Å²) in [6.45, 7) is 3.28. The third-order valence-electron chi connectivity index (χ3n) is 2.15. The third-order valence-corrected chi connectivity index (χ3v) is 2.15. The van der Waals surface area contributed by atoms with Crippen LogP contribution in [0.15, 0.2) is 0 Å². The van der Waals surface area contributed by atoms with Crippen LogP contribution < -0.4 is 5.32 Å². The minimum atomic E-state index is -0.0971. The van der Waals surface area contributed by atoms with Gasteiger partial charge in [0.15, 0.2) is 0 Å². The van der Waals surface area contributed by atoms with Crippen LogP contribution in [0.4, 0.5) is 4.79 Å². The first-order valence-electron chi connectivity index (χ1n) is 3.63. The molecule has 0 aromatic carbocycles. The van der Waals surface area contributed by atoms with Gasteiger partial charge in [-0.25, -0.2) is 4.79 Å². The number of hydrogen-bond donors (Lipinski definition) is 1. The fourth-order valence-electron chi connectivity index (χ4n) is 1.00. The minimum Gasteiger partial charge on any atom is -0.376 e. The molecule has 1 aliphatic rings. The van der Waals surface area contributed by atoms with Gasteiger partial charge in [0.2, 0.25) is 0 Å². The van der Waals surface area contributed by atoms with Gasteiger partial charge in [-0.1, -0.05) is 0 Å². The highest BCUT2D eigenvalue weighted by Crippen LogP contribution is 2.22. The number of ether oxygens (including phenoxy) is 1. The van der Waals surface area contributed by atoms with E-state index in [9.17, 15) is 4.79 Å². The average molecular weight is 158 g/mol. The number of nitrogens with zero attached hydrogens (tertiary/aromatic N) is 1. The lowest BCUT2D eigenvalue weighted by Crippen LogP contribution is -2.61. The monoisotopic (exact) mass is 158 g/mol. The summed E-state index contributed by atoms with van der Waals surface area (Å²) >= 11 is 0. The van der Waals surface area contributed by atoms with Crippen molar-refractivity contribution in [3.63, 3.8) is 0 Å². The average Bonchev–Trinajstić information content (AvgIpc) is 1.97. The Labute approximate surface area is 66.5 Å². The normalized spacial score (nSPS) is 20.3. The van der Waals surface area contributed by atoms with E-state index in [1.165, 1.54) is 0 Å². The van der Waals surface area contributed by atoms with Gasteiger partial charge in [-0.05, 0) is 6.92 Å². The highest BCUT2D eigenvalue weighted by atomic mass is 16.5. The van der Waals surface area contributed by atoms with E-state index >= 15 is 0 Å². The van der Waals surface area contributed by atoms with E-state index in [0.29, 0.717) is 13.2 Å². The summed E-state index contributed by atoms with van der Waals surface area (Å²) in [6.07, 6.45) is 0. The molecule has 0 aliphatic carbocycles. The Bertz CT molecular complexity index is 166. The summed E-state index contributed by atoms with van der Waals surface area (Å²) in [6, 6.07) is -0.0594. The molecular formula is C7H14N2O2. The first kappa shape index (κ1) is 8.33. The number of likely N-dealkylation sites (N-methyl/N-ethyl adjacent to an activating group) is 1. The molecule has 4 heteroatoms. The molecule has 1 saturated heterocycles. The number of carbonyl (C=O) groups excluding carboxylic acids is 1. The summed E-state index contributed by atoms with van der Waals surface area (Å²) < 4.78 is 5.03. The third kappa shape index (κ3) is 1.30. The summed E-state index contributed by atoms with van der Waals surface area (Å²) in [5.74, 6) is 0. The lowest BCUT2D eigenvalue weighted by atomic mass is 9.99. The molecule has 0 aromatic rings. The van der Waals surface area contributed by atoms with Gasteiger partial charge in [-0.15, -0.1) is 0 Å². The van der Waals surface area contributed by atoms with E-state index in [2.05, 4.69) is 5.32 Å². The maximum absolute atomic E-state index is 11.1. The lowest BCUT2D eigenvalue weighted by Gasteiger charge is -2.44. The SMILES string of the molecule is CNC(=O)N(C)C1(C)COC1. The van der Waals surface area contributed by atoms with Crippen LogP contribution in [0.25, 0.3) is 0 Å². The molecule has 0 radical (unpaired) electrons. The van der Waals surface area contributed by atoms with Crippen molar-refractivity contribution < 1.29 is 9.53 Å². The van der Waals surface area contributed by atoms with E-state index in [1.807, 2.05) is 6.92 Å². The van der Waals surface area contributed by atoms with E-state index in [0.717, 1.165) is 0 Å². The maximum Gasteiger partial charge on any atom is 0.317 e. The maximum atomic E-state index is 11.1. The lowest BCUT2D eigenvalue weighted by molar-refractivity contribution is -0.105. The molecule has 2 amide bonds. The van der Waals surface area contributed by atoms with Crippen LogP contribution >= 0.6 is 0 Å². The number of hydrogen-bond acceptors (Lipinski definition) is 2. The summed E-state index contributed by atoms with van der Waals surface area (Å²) in [7, 11) is 3.41. The van der Waals surface area contributed by atoms with Crippen LogP contribution in [0, 0.1) is 0 Å². The van der Waals surface area contributed by atoms with Crippen molar-refractivity contribution in [1.82, 2.24) is 10.2 Å². The van der Waals surface area contributed by atoms with E-state index < -0.39 is 0 Å². The number of carbonyl (C=O) groups is 1. The summed E-state index contributed by atoms with van der Waals surface area (Å²) in [5, 5.41) is 2.57. The topological polar surface area (TPSA) is 41.6 Å². The highest BCUT2D eigenvalue weighted by Gasteiger charge is 2.39. The van der Waals surface area contributed by atoms with Crippen molar-refractivity contribution in [2.75, 3.05) is 27.3 Å². The molecular weight excluding hydrogens is 144 g/mol. The molecule has 0 unspecified atom stereocenters. The van der Waals surface area contributed by atoms with Crippen molar-refractivity contribution in [3.8, 4) is 0 Å². The van der Waals surface area contributed by atoms with Crippen LogP contribution in [-0.4, -0.2) is 43.8 Å². The van der Waals surface area contributed by atoms with Crippen LogP contribution in [0.3, 0.4) is 0 Å². The van der Waals surface area contributed by atoms with Gasteiger partial charge in [-0.3, -0.25) is 0 Å². The standard InChI is InChI=1S/C7H14N2O2/c1-7(4-11-5-7)9(3)6(10)8-2/h4-5H2,1-3H3,(H,8,10). The predicted molar refractivity (Wildman–Crippen MR) is 41.4 cm³/mol. The second-order valence-corrected chi connectivity index (χ2v) is 3.10. The number of amides is 2. The van der Waals surface area contributed by atoms with Gasteiger partial charge in [0.25, 0.3) is 0 Å². The summed E-state index contributed by atoms with van der Waals surface area (Å²) in [5.41, 5.74) is -0.0971. The molecule has 1 aliphatic heterocycles. The molecule has 1 rings (SSSR count). The van der Waals surface area contributed by atoms with Gasteiger partial charge in [-0.2, -0.15) is 0 Å². The zero-order chi connectivity index (χ0) is 8.48. The molecule has 1 N–H and O–H groups in total. The molecule has 11 heavy (non-hydrogen) atoms. The molecule has 0 bridgehead atoms. The van der Waals surface area contributed by atoms with Gasteiger partial charge < -0.3 is 15.0 Å². The van der Waals surface area contributed by atoms with Crippen molar-refractivity contribution in [3.05, 3.63) is 0 Å². The van der Waals surface area contributed by atoms with Gasteiger partial charge >= 0.3 is 6.03 Å². The fraction of sp³-hybridized carbons (Fsp3) is 0.857. The smallest absolute Gasteiger partial charge is 0.317 e. The van der Waals surface area contributed by atoms with Crippen LogP contribution in [0.2, 0.25) is 0 Å². The van der Waals surface area contributed by atoms with E-state index in [1.54, 1.807) is 19.0 Å². The van der Waals surface area contributed by atoms with Crippen LogP contribution in [-0.2, 0) is 4.74 Å². The zero-order valence-corrected chi connectivity index (χ0v) is 7.18. The predicted octanol–water partition coefficient (Wildman–Crippen LogP) is 0.0465. The van der Waals surface area contributed by atoms with Crippen LogP contribution in [0.5, 0.6) is 0 Å². The zero-order valence-electron chi connectivity index (χ0n) is 7.18. The summed E-state index contributed by atoms with van der Waals surface area (Å²) in [4.78, 5) is 12.8. The molecule has 0 aromatic heterocycles. The molecule has 0 saturated carbocycles. The Kier molecular flexibility index (Phi) is 2.04. The first-order chi connectivity index (χ1) is 5.10. The number of rotatable bonds is 1. The second kappa shape index (κ2) is 2.70.